The predicted molar refractivity (Wildman–Crippen MR) is 276 cm³/mol. The quantitative estimate of drug-likeness (QED) is 0.0261. The maximum atomic E-state index is 13.0. The monoisotopic (exact) mass is 934 g/mol. The number of rotatable bonds is 48. The molecule has 1 saturated heterocycles. The Labute approximate surface area is 406 Å². The Hall–Kier alpha value is -1.59. The summed E-state index contributed by atoms with van der Waals surface area (Å²) >= 11 is 0. The van der Waals surface area contributed by atoms with Crippen molar-refractivity contribution >= 4 is 5.91 Å². The number of carbonyl (C=O) groups excluding carboxylic acids is 1. The van der Waals surface area contributed by atoms with Gasteiger partial charge < -0.3 is 40.3 Å². The Bertz CT molecular complexity index is 1130. The molecule has 0 aromatic rings. The molecule has 1 amide bonds. The zero-order valence-electron chi connectivity index (χ0n) is 43.0. The molecular weight excluding hydrogens is 827 g/mol. The first kappa shape index (κ1) is 62.4. The molecule has 1 heterocycles. The van der Waals surface area contributed by atoms with Gasteiger partial charge in [0, 0.05) is 6.42 Å². The average Bonchev–Trinajstić information content (AvgIpc) is 3.32. The molecule has 66 heavy (non-hydrogen) atoms. The SMILES string of the molecule is CCCCCCCC/C=C/CC/C=C/CC/C=C/C(O)C(COC1OC(CO)C(O)C(O)C1O)NC(=O)CCCCCCCCCCCCCCCCCCCCCCCCCCCCC. The lowest BCUT2D eigenvalue weighted by Crippen LogP contribution is -2.60. The van der Waals surface area contributed by atoms with E-state index < -0.39 is 49.5 Å². The van der Waals surface area contributed by atoms with Gasteiger partial charge in [-0.25, -0.2) is 0 Å². The van der Waals surface area contributed by atoms with Crippen LogP contribution in [0.4, 0.5) is 0 Å². The molecule has 0 aliphatic carbocycles. The van der Waals surface area contributed by atoms with Crippen LogP contribution in [0, 0.1) is 0 Å². The summed E-state index contributed by atoms with van der Waals surface area (Å²) in [4.78, 5) is 13.0. The third kappa shape index (κ3) is 36.4. The second-order valence-electron chi connectivity index (χ2n) is 19.7. The predicted octanol–water partition coefficient (Wildman–Crippen LogP) is 13.6. The molecule has 9 nitrogen and oxygen atoms in total. The minimum atomic E-state index is -1.57. The van der Waals surface area contributed by atoms with E-state index in [1.807, 2.05) is 6.08 Å². The van der Waals surface area contributed by atoms with Gasteiger partial charge in [0.1, 0.15) is 24.4 Å². The molecule has 0 spiro atoms. The topological polar surface area (TPSA) is 149 Å². The third-order valence-corrected chi connectivity index (χ3v) is 13.4. The van der Waals surface area contributed by atoms with Gasteiger partial charge in [-0.2, -0.15) is 0 Å². The molecule has 6 N–H and O–H groups in total. The molecule has 388 valence electrons. The highest BCUT2D eigenvalue weighted by atomic mass is 16.7. The van der Waals surface area contributed by atoms with Crippen molar-refractivity contribution in [2.75, 3.05) is 13.2 Å². The molecule has 1 fully saturated rings. The number of ether oxygens (including phenoxy) is 2. The van der Waals surface area contributed by atoms with E-state index in [1.54, 1.807) is 6.08 Å². The lowest BCUT2D eigenvalue weighted by Gasteiger charge is -2.40. The first-order chi connectivity index (χ1) is 32.3. The van der Waals surface area contributed by atoms with Gasteiger partial charge in [0.05, 0.1) is 25.4 Å². The molecule has 7 unspecified atom stereocenters. The fourth-order valence-electron chi connectivity index (χ4n) is 8.96. The van der Waals surface area contributed by atoms with E-state index in [4.69, 9.17) is 9.47 Å². The molecule has 0 bridgehead atoms. The molecule has 0 aromatic heterocycles. The summed E-state index contributed by atoms with van der Waals surface area (Å²) in [6.07, 6.45) is 53.6. The van der Waals surface area contributed by atoms with Crippen molar-refractivity contribution in [2.45, 2.75) is 307 Å². The highest BCUT2D eigenvalue weighted by Gasteiger charge is 2.44. The maximum Gasteiger partial charge on any atom is 0.220 e. The van der Waals surface area contributed by atoms with Crippen LogP contribution in [-0.4, -0.2) is 87.5 Å². The number of unbranched alkanes of at least 4 members (excludes halogenated alkanes) is 34. The number of hydrogen-bond acceptors (Lipinski definition) is 8. The molecule has 1 aliphatic rings. The number of hydrogen-bond donors (Lipinski definition) is 6. The summed E-state index contributed by atoms with van der Waals surface area (Å²) in [5, 5.41) is 54.4. The van der Waals surface area contributed by atoms with Crippen LogP contribution in [0.3, 0.4) is 0 Å². The summed E-state index contributed by atoms with van der Waals surface area (Å²) in [5.41, 5.74) is 0. The second-order valence-corrected chi connectivity index (χ2v) is 19.7. The minimum Gasteiger partial charge on any atom is -0.394 e. The normalized spacial score (nSPS) is 20.0. The standard InChI is InChI=1S/C57H107NO8/c1-3-5-7-9-11-13-15-17-19-21-22-23-24-25-26-27-28-29-30-31-33-35-37-39-41-43-45-47-53(61)58-50(49-65-57-56(64)55(63)54(62)52(48-59)66-57)51(60)46-44-42-40-38-36-34-32-20-18-16-14-12-10-8-6-4-2/h18,20,36,38,44,46,50-52,54-57,59-60,62-64H,3-17,19,21-35,37,39-43,45,47-49H2,1-2H3,(H,58,61)/b20-18+,38-36+,46-44+. The molecule has 1 aliphatic heterocycles. The van der Waals surface area contributed by atoms with Gasteiger partial charge in [-0.3, -0.25) is 4.79 Å². The van der Waals surface area contributed by atoms with Crippen LogP contribution < -0.4 is 5.32 Å². The van der Waals surface area contributed by atoms with E-state index in [0.717, 1.165) is 51.4 Å². The van der Waals surface area contributed by atoms with Crippen molar-refractivity contribution in [2.24, 2.45) is 0 Å². The lowest BCUT2D eigenvalue weighted by atomic mass is 9.99. The molecule has 9 heteroatoms. The van der Waals surface area contributed by atoms with Gasteiger partial charge in [-0.15, -0.1) is 0 Å². The molecular formula is C57H107NO8. The number of aliphatic hydroxyl groups is 5. The van der Waals surface area contributed by atoms with Crippen LogP contribution in [0.5, 0.6) is 0 Å². The number of carbonyl (C=O) groups is 1. The van der Waals surface area contributed by atoms with Gasteiger partial charge in [-0.05, 0) is 44.9 Å². The van der Waals surface area contributed by atoms with Crippen LogP contribution in [0.25, 0.3) is 0 Å². The van der Waals surface area contributed by atoms with Crippen molar-refractivity contribution in [3.05, 3.63) is 36.5 Å². The largest absolute Gasteiger partial charge is 0.394 e. The summed E-state index contributed by atoms with van der Waals surface area (Å²) in [5.74, 6) is -0.187. The van der Waals surface area contributed by atoms with Crippen LogP contribution in [-0.2, 0) is 14.3 Å². The van der Waals surface area contributed by atoms with Crippen LogP contribution in [0.1, 0.15) is 264 Å². The van der Waals surface area contributed by atoms with E-state index in [9.17, 15) is 30.3 Å². The maximum absolute atomic E-state index is 13.0. The molecule has 0 aromatic carbocycles. The smallest absolute Gasteiger partial charge is 0.220 e. The van der Waals surface area contributed by atoms with Crippen LogP contribution >= 0.6 is 0 Å². The first-order valence-corrected chi connectivity index (χ1v) is 28.2. The Morgan fingerprint density at radius 2 is 0.864 bits per heavy atom. The summed E-state index contributed by atoms with van der Waals surface area (Å²) in [7, 11) is 0. The zero-order valence-corrected chi connectivity index (χ0v) is 43.0. The van der Waals surface area contributed by atoms with Crippen LogP contribution in [0.2, 0.25) is 0 Å². The second kappa shape index (κ2) is 47.1. The van der Waals surface area contributed by atoms with Crippen molar-refractivity contribution in [3.63, 3.8) is 0 Å². The van der Waals surface area contributed by atoms with E-state index in [1.165, 1.54) is 193 Å². The Balaban J connectivity index is 2.21. The van der Waals surface area contributed by atoms with E-state index in [0.29, 0.717) is 6.42 Å². The van der Waals surface area contributed by atoms with E-state index >= 15 is 0 Å². The van der Waals surface area contributed by atoms with Gasteiger partial charge in [0.15, 0.2) is 6.29 Å². The summed E-state index contributed by atoms with van der Waals surface area (Å²) in [6, 6.07) is -0.825. The van der Waals surface area contributed by atoms with Gasteiger partial charge >= 0.3 is 0 Å². The fraction of sp³-hybridized carbons (Fsp3) is 0.877. The number of nitrogens with one attached hydrogen (secondary N) is 1. The average molecular weight is 934 g/mol. The number of aliphatic hydroxyl groups excluding tert-OH is 5. The van der Waals surface area contributed by atoms with Gasteiger partial charge in [-0.1, -0.05) is 249 Å². The van der Waals surface area contributed by atoms with Gasteiger partial charge in [0.25, 0.3) is 0 Å². The number of allylic oxidation sites excluding steroid dienone is 5. The van der Waals surface area contributed by atoms with Crippen molar-refractivity contribution in [3.8, 4) is 0 Å². The highest BCUT2D eigenvalue weighted by Crippen LogP contribution is 2.23. The van der Waals surface area contributed by atoms with Crippen LogP contribution in [0.15, 0.2) is 36.5 Å². The van der Waals surface area contributed by atoms with Crippen molar-refractivity contribution in [1.29, 1.82) is 0 Å². The highest BCUT2D eigenvalue weighted by molar-refractivity contribution is 5.76. The Morgan fingerprint density at radius 1 is 0.500 bits per heavy atom. The molecule has 1 rings (SSSR count). The fourth-order valence-corrected chi connectivity index (χ4v) is 8.96. The van der Waals surface area contributed by atoms with E-state index in [-0.39, 0.29) is 12.5 Å². The summed E-state index contributed by atoms with van der Waals surface area (Å²) in [6.45, 7) is 3.77. The van der Waals surface area contributed by atoms with E-state index in [2.05, 4.69) is 43.5 Å². The lowest BCUT2D eigenvalue weighted by molar-refractivity contribution is -0.302. The Kier molecular flexibility index (Phi) is 44.6. The summed E-state index contributed by atoms with van der Waals surface area (Å²) < 4.78 is 11.2. The first-order valence-electron chi connectivity index (χ1n) is 28.2. The van der Waals surface area contributed by atoms with Gasteiger partial charge in [0.2, 0.25) is 5.91 Å². The molecule has 0 saturated carbocycles. The molecule has 7 atom stereocenters. The minimum absolute atomic E-state index is 0.187. The van der Waals surface area contributed by atoms with Crippen molar-refractivity contribution in [1.82, 2.24) is 5.32 Å². The Morgan fingerprint density at radius 3 is 1.27 bits per heavy atom. The number of amides is 1. The van der Waals surface area contributed by atoms with Crippen molar-refractivity contribution < 1.29 is 39.8 Å². The zero-order chi connectivity index (χ0) is 48.0. The molecule has 0 radical (unpaired) electrons. The third-order valence-electron chi connectivity index (χ3n) is 13.4.